The molecule has 0 radical (unpaired) electrons. The molecule has 1 atom stereocenters. The van der Waals surface area contributed by atoms with Gasteiger partial charge in [-0.05, 0) is 44.0 Å². The van der Waals surface area contributed by atoms with Crippen LogP contribution in [0.1, 0.15) is 24.9 Å². The second-order valence-electron chi connectivity index (χ2n) is 4.30. The van der Waals surface area contributed by atoms with Crippen molar-refractivity contribution >= 4 is 11.8 Å². The van der Waals surface area contributed by atoms with Crippen LogP contribution in [0.2, 0.25) is 0 Å². The van der Waals surface area contributed by atoms with E-state index in [1.807, 2.05) is 30.8 Å². The minimum atomic E-state index is 0.444. The predicted molar refractivity (Wildman–Crippen MR) is 75.4 cm³/mol. The number of rotatable bonds is 8. The average Bonchev–Trinajstić information content (AvgIpc) is 2.70. The van der Waals surface area contributed by atoms with Crippen molar-refractivity contribution in [2.24, 2.45) is 5.73 Å². The Kier molecular flexibility index (Phi) is 6.70. The molecule has 1 aromatic rings. The Morgan fingerprint density at radius 3 is 2.76 bits per heavy atom. The molecule has 17 heavy (non-hydrogen) atoms. The maximum atomic E-state index is 5.83. The summed E-state index contributed by atoms with van der Waals surface area (Å²) in [5.74, 6) is 4.35. The molecule has 0 saturated carbocycles. The van der Waals surface area contributed by atoms with Crippen molar-refractivity contribution in [2.75, 3.05) is 25.1 Å². The Morgan fingerprint density at radius 2 is 2.24 bits per heavy atom. The van der Waals surface area contributed by atoms with Crippen molar-refractivity contribution in [3.63, 3.8) is 0 Å². The van der Waals surface area contributed by atoms with Gasteiger partial charge in [0, 0.05) is 12.6 Å². The SMILES string of the molecule is CCSCCC(CN)N(C)Cc1ccc(C)o1. The fourth-order valence-electron chi connectivity index (χ4n) is 1.83. The van der Waals surface area contributed by atoms with Crippen LogP contribution in [0, 0.1) is 6.92 Å². The molecule has 1 unspecified atom stereocenters. The number of hydrogen-bond acceptors (Lipinski definition) is 4. The van der Waals surface area contributed by atoms with E-state index in [2.05, 4.69) is 18.9 Å². The van der Waals surface area contributed by atoms with Gasteiger partial charge in [0.1, 0.15) is 11.5 Å². The summed E-state index contributed by atoms with van der Waals surface area (Å²) in [6, 6.07) is 4.49. The molecule has 0 spiro atoms. The topological polar surface area (TPSA) is 42.4 Å². The van der Waals surface area contributed by atoms with Crippen molar-refractivity contribution in [1.29, 1.82) is 0 Å². The molecule has 3 nitrogen and oxygen atoms in total. The fraction of sp³-hybridized carbons (Fsp3) is 0.692. The maximum absolute atomic E-state index is 5.83. The van der Waals surface area contributed by atoms with Crippen molar-refractivity contribution in [3.05, 3.63) is 23.7 Å². The molecule has 0 saturated heterocycles. The van der Waals surface area contributed by atoms with Gasteiger partial charge in [-0.1, -0.05) is 6.92 Å². The third-order valence-corrected chi connectivity index (χ3v) is 3.83. The summed E-state index contributed by atoms with van der Waals surface area (Å²) in [6.45, 7) is 5.71. The predicted octanol–water partition coefficient (Wildman–Crippen LogP) is 2.49. The number of nitrogens with two attached hydrogens (primary N) is 1. The lowest BCUT2D eigenvalue weighted by Gasteiger charge is -2.25. The maximum Gasteiger partial charge on any atom is 0.118 e. The van der Waals surface area contributed by atoms with Crippen molar-refractivity contribution in [2.45, 2.75) is 32.9 Å². The van der Waals surface area contributed by atoms with Gasteiger partial charge < -0.3 is 10.2 Å². The van der Waals surface area contributed by atoms with E-state index >= 15 is 0 Å². The normalized spacial score (nSPS) is 13.2. The lowest BCUT2D eigenvalue weighted by molar-refractivity contribution is 0.215. The molecule has 0 aliphatic heterocycles. The molecular formula is C13H24N2OS. The summed E-state index contributed by atoms with van der Waals surface area (Å²) >= 11 is 1.97. The van der Waals surface area contributed by atoms with Gasteiger partial charge in [0.2, 0.25) is 0 Å². The first-order valence-electron chi connectivity index (χ1n) is 6.20. The summed E-state index contributed by atoms with van der Waals surface area (Å²) in [7, 11) is 2.12. The van der Waals surface area contributed by atoms with Crippen LogP contribution in [0.3, 0.4) is 0 Å². The first kappa shape index (κ1) is 14.6. The van der Waals surface area contributed by atoms with Gasteiger partial charge in [-0.3, -0.25) is 4.90 Å². The molecule has 0 aromatic carbocycles. The van der Waals surface area contributed by atoms with Crippen LogP contribution >= 0.6 is 11.8 Å². The Balaban J connectivity index is 2.40. The number of nitrogens with zero attached hydrogens (tertiary/aromatic N) is 1. The quantitative estimate of drug-likeness (QED) is 0.726. The summed E-state index contributed by atoms with van der Waals surface area (Å²) in [5, 5.41) is 0. The van der Waals surface area contributed by atoms with Gasteiger partial charge in [-0.25, -0.2) is 0 Å². The monoisotopic (exact) mass is 256 g/mol. The van der Waals surface area contributed by atoms with Crippen LogP contribution in [0.4, 0.5) is 0 Å². The molecule has 0 aliphatic carbocycles. The zero-order valence-electron chi connectivity index (χ0n) is 11.1. The number of likely N-dealkylation sites (N-methyl/N-ethyl adjacent to an activating group) is 1. The van der Waals surface area contributed by atoms with Crippen LogP contribution in [0.5, 0.6) is 0 Å². The second-order valence-corrected chi connectivity index (χ2v) is 5.70. The van der Waals surface area contributed by atoms with Gasteiger partial charge in [0.15, 0.2) is 0 Å². The Morgan fingerprint density at radius 1 is 1.47 bits per heavy atom. The van der Waals surface area contributed by atoms with Crippen molar-refractivity contribution < 1.29 is 4.42 Å². The Bertz CT molecular complexity index is 314. The number of thioether (sulfide) groups is 1. The molecule has 4 heteroatoms. The van der Waals surface area contributed by atoms with E-state index in [9.17, 15) is 0 Å². The van der Waals surface area contributed by atoms with Gasteiger partial charge in [-0.2, -0.15) is 11.8 Å². The van der Waals surface area contributed by atoms with Crippen molar-refractivity contribution in [3.8, 4) is 0 Å². The number of aryl methyl sites for hydroxylation is 1. The molecule has 98 valence electrons. The Labute approximate surface area is 109 Å². The first-order valence-corrected chi connectivity index (χ1v) is 7.36. The third kappa shape index (κ3) is 5.15. The van der Waals surface area contributed by atoms with E-state index < -0.39 is 0 Å². The highest BCUT2D eigenvalue weighted by Crippen LogP contribution is 2.13. The molecule has 1 rings (SSSR count). The summed E-state index contributed by atoms with van der Waals surface area (Å²) in [5.41, 5.74) is 5.83. The molecule has 0 aliphatic rings. The second kappa shape index (κ2) is 7.80. The molecule has 2 N–H and O–H groups in total. The zero-order chi connectivity index (χ0) is 12.7. The van der Waals surface area contributed by atoms with Crippen LogP contribution in [-0.2, 0) is 6.54 Å². The Hall–Kier alpha value is -0.450. The van der Waals surface area contributed by atoms with Gasteiger partial charge in [0.25, 0.3) is 0 Å². The lowest BCUT2D eigenvalue weighted by Crippen LogP contribution is -2.37. The lowest BCUT2D eigenvalue weighted by atomic mass is 10.2. The van der Waals surface area contributed by atoms with E-state index in [0.717, 1.165) is 24.5 Å². The third-order valence-electron chi connectivity index (χ3n) is 2.90. The largest absolute Gasteiger partial charge is 0.465 e. The highest BCUT2D eigenvalue weighted by molar-refractivity contribution is 7.99. The smallest absolute Gasteiger partial charge is 0.118 e. The van der Waals surface area contributed by atoms with Crippen LogP contribution in [-0.4, -0.2) is 36.0 Å². The van der Waals surface area contributed by atoms with E-state index in [1.165, 1.54) is 11.5 Å². The fourth-order valence-corrected chi connectivity index (χ4v) is 2.55. The van der Waals surface area contributed by atoms with Gasteiger partial charge in [-0.15, -0.1) is 0 Å². The molecule has 1 aromatic heterocycles. The summed E-state index contributed by atoms with van der Waals surface area (Å²) in [6.07, 6.45) is 1.14. The van der Waals surface area contributed by atoms with Gasteiger partial charge >= 0.3 is 0 Å². The first-order chi connectivity index (χ1) is 8.17. The van der Waals surface area contributed by atoms with E-state index in [-0.39, 0.29) is 0 Å². The molecule has 0 fully saturated rings. The number of furan rings is 1. The molecular weight excluding hydrogens is 232 g/mol. The van der Waals surface area contributed by atoms with Crippen LogP contribution in [0.15, 0.2) is 16.5 Å². The molecule has 0 amide bonds. The van der Waals surface area contributed by atoms with Crippen molar-refractivity contribution in [1.82, 2.24) is 4.90 Å². The zero-order valence-corrected chi connectivity index (χ0v) is 11.9. The highest BCUT2D eigenvalue weighted by Gasteiger charge is 2.14. The minimum absolute atomic E-state index is 0.444. The highest BCUT2D eigenvalue weighted by atomic mass is 32.2. The van der Waals surface area contributed by atoms with E-state index in [1.54, 1.807) is 0 Å². The minimum Gasteiger partial charge on any atom is -0.465 e. The van der Waals surface area contributed by atoms with Gasteiger partial charge in [0.05, 0.1) is 6.54 Å². The average molecular weight is 256 g/mol. The van der Waals surface area contributed by atoms with Crippen LogP contribution < -0.4 is 5.73 Å². The number of hydrogen-bond donors (Lipinski definition) is 1. The summed E-state index contributed by atoms with van der Waals surface area (Å²) in [4.78, 5) is 2.29. The van der Waals surface area contributed by atoms with E-state index in [4.69, 9.17) is 10.2 Å². The summed E-state index contributed by atoms with van der Waals surface area (Å²) < 4.78 is 5.59. The molecule has 0 bridgehead atoms. The molecule has 1 heterocycles. The standard InChI is InChI=1S/C13H24N2OS/c1-4-17-8-7-12(9-14)15(3)10-13-6-5-11(2)16-13/h5-6,12H,4,7-10,14H2,1-3H3. The van der Waals surface area contributed by atoms with Crippen LogP contribution in [0.25, 0.3) is 0 Å². The van der Waals surface area contributed by atoms with E-state index in [0.29, 0.717) is 12.6 Å².